The Balaban J connectivity index is 1.92. The monoisotopic (exact) mass is 284 g/mol. The van der Waals surface area contributed by atoms with Crippen LogP contribution in [0.3, 0.4) is 0 Å². The third kappa shape index (κ3) is 3.17. The van der Waals surface area contributed by atoms with Gasteiger partial charge in [0.05, 0.1) is 5.69 Å². The summed E-state index contributed by atoms with van der Waals surface area (Å²) < 4.78 is 2.44. The van der Waals surface area contributed by atoms with Crippen LogP contribution in [0.5, 0.6) is 0 Å². The number of benzene rings is 1. The average Bonchev–Trinajstić information content (AvgIpc) is 2.87. The summed E-state index contributed by atoms with van der Waals surface area (Å²) in [6.07, 6.45) is 2.24. The van der Waals surface area contributed by atoms with Crippen LogP contribution >= 0.6 is 0 Å². The maximum Gasteiger partial charge on any atom is 0.140 e. The Hall–Kier alpha value is -1.65. The maximum atomic E-state index is 4.91. The Kier molecular flexibility index (Phi) is 4.36. The van der Waals surface area contributed by atoms with Gasteiger partial charge in [0.25, 0.3) is 0 Å². The minimum absolute atomic E-state index is 0.899. The van der Waals surface area contributed by atoms with E-state index in [2.05, 4.69) is 59.2 Å². The van der Waals surface area contributed by atoms with Gasteiger partial charge in [-0.3, -0.25) is 0 Å². The van der Waals surface area contributed by atoms with Gasteiger partial charge in [0, 0.05) is 37.3 Å². The molecule has 0 atom stereocenters. The van der Waals surface area contributed by atoms with Crippen LogP contribution in [-0.2, 0) is 19.5 Å². The van der Waals surface area contributed by atoms with E-state index in [0.29, 0.717) is 0 Å². The van der Waals surface area contributed by atoms with Crippen molar-refractivity contribution in [1.82, 2.24) is 19.8 Å². The SMILES string of the molecule is CN(C)CCCn1c(-c2ccccc2)nc2c1CCNC2. The van der Waals surface area contributed by atoms with Gasteiger partial charge < -0.3 is 14.8 Å². The van der Waals surface area contributed by atoms with Gasteiger partial charge in [-0.2, -0.15) is 0 Å². The molecule has 0 amide bonds. The predicted octanol–water partition coefficient (Wildman–Crippen LogP) is 2.15. The third-order valence-electron chi connectivity index (χ3n) is 4.01. The van der Waals surface area contributed by atoms with Crippen LogP contribution in [0.4, 0.5) is 0 Å². The Labute approximate surface area is 126 Å². The lowest BCUT2D eigenvalue weighted by atomic mass is 10.2. The van der Waals surface area contributed by atoms with Crippen LogP contribution in [0.1, 0.15) is 17.8 Å². The van der Waals surface area contributed by atoms with Crippen molar-refractivity contribution in [2.24, 2.45) is 0 Å². The lowest BCUT2D eigenvalue weighted by molar-refractivity contribution is 0.385. The van der Waals surface area contributed by atoms with Crippen molar-refractivity contribution in [3.8, 4) is 11.4 Å². The van der Waals surface area contributed by atoms with Crippen LogP contribution < -0.4 is 5.32 Å². The third-order valence-corrected chi connectivity index (χ3v) is 4.01. The fourth-order valence-electron chi connectivity index (χ4n) is 2.96. The van der Waals surface area contributed by atoms with E-state index in [-0.39, 0.29) is 0 Å². The molecule has 21 heavy (non-hydrogen) atoms. The normalized spacial score (nSPS) is 14.4. The van der Waals surface area contributed by atoms with E-state index in [4.69, 9.17) is 4.98 Å². The molecule has 1 aliphatic rings. The topological polar surface area (TPSA) is 33.1 Å². The van der Waals surface area contributed by atoms with Crippen molar-refractivity contribution < 1.29 is 0 Å². The molecule has 0 spiro atoms. The molecule has 2 aromatic rings. The van der Waals surface area contributed by atoms with E-state index < -0.39 is 0 Å². The average molecular weight is 284 g/mol. The molecular weight excluding hydrogens is 260 g/mol. The number of nitrogens with zero attached hydrogens (tertiary/aromatic N) is 3. The minimum atomic E-state index is 0.899. The van der Waals surface area contributed by atoms with E-state index in [0.717, 1.165) is 44.8 Å². The summed E-state index contributed by atoms with van der Waals surface area (Å²) in [5.74, 6) is 1.13. The molecule has 4 heteroatoms. The fraction of sp³-hybridized carbons (Fsp3) is 0.471. The number of aromatic nitrogens is 2. The molecule has 1 aromatic heterocycles. The van der Waals surface area contributed by atoms with Crippen molar-refractivity contribution in [2.45, 2.75) is 25.9 Å². The van der Waals surface area contributed by atoms with Crippen molar-refractivity contribution in [2.75, 3.05) is 27.2 Å². The highest BCUT2D eigenvalue weighted by Gasteiger charge is 2.20. The molecule has 0 radical (unpaired) electrons. The number of fused-ring (bicyclic) bond motifs is 1. The molecule has 112 valence electrons. The number of hydrogen-bond acceptors (Lipinski definition) is 3. The van der Waals surface area contributed by atoms with Crippen LogP contribution in [-0.4, -0.2) is 41.6 Å². The molecule has 0 bridgehead atoms. The molecule has 0 unspecified atom stereocenters. The number of nitrogens with one attached hydrogen (secondary N) is 1. The molecule has 0 saturated heterocycles. The van der Waals surface area contributed by atoms with Crippen LogP contribution in [0.2, 0.25) is 0 Å². The van der Waals surface area contributed by atoms with Gasteiger partial charge >= 0.3 is 0 Å². The van der Waals surface area contributed by atoms with E-state index in [1.165, 1.54) is 17.0 Å². The van der Waals surface area contributed by atoms with Gasteiger partial charge in [0.1, 0.15) is 5.82 Å². The summed E-state index contributed by atoms with van der Waals surface area (Å²) in [7, 11) is 4.26. The first-order valence-corrected chi connectivity index (χ1v) is 7.75. The van der Waals surface area contributed by atoms with E-state index >= 15 is 0 Å². The standard InChI is InChI=1S/C17H24N4/c1-20(2)11-6-12-21-16-9-10-18-13-15(16)19-17(21)14-7-4-3-5-8-14/h3-5,7-8,18H,6,9-13H2,1-2H3. The molecule has 0 aliphatic carbocycles. The van der Waals surface area contributed by atoms with Gasteiger partial charge in [-0.05, 0) is 27.1 Å². The summed E-state index contributed by atoms with van der Waals surface area (Å²) in [6, 6.07) is 10.6. The van der Waals surface area contributed by atoms with Gasteiger partial charge in [-0.25, -0.2) is 4.98 Å². The molecule has 0 fully saturated rings. The number of rotatable bonds is 5. The molecule has 1 N–H and O–H groups in total. The van der Waals surface area contributed by atoms with Crippen molar-refractivity contribution >= 4 is 0 Å². The second kappa shape index (κ2) is 6.41. The Morgan fingerprint density at radius 3 is 2.81 bits per heavy atom. The fourth-order valence-corrected chi connectivity index (χ4v) is 2.96. The van der Waals surface area contributed by atoms with Crippen LogP contribution in [0.25, 0.3) is 11.4 Å². The summed E-state index contributed by atoms with van der Waals surface area (Å²) in [5.41, 5.74) is 3.87. The van der Waals surface area contributed by atoms with Crippen molar-refractivity contribution in [3.05, 3.63) is 41.7 Å². The van der Waals surface area contributed by atoms with Gasteiger partial charge in [-0.1, -0.05) is 30.3 Å². The lowest BCUT2D eigenvalue weighted by Crippen LogP contribution is -2.25. The number of imidazole rings is 1. The summed E-state index contributed by atoms with van der Waals surface area (Å²) in [6.45, 7) is 4.11. The van der Waals surface area contributed by atoms with Crippen LogP contribution in [0, 0.1) is 0 Å². The summed E-state index contributed by atoms with van der Waals surface area (Å²) >= 11 is 0. The van der Waals surface area contributed by atoms with E-state index in [1.807, 2.05) is 0 Å². The van der Waals surface area contributed by atoms with Gasteiger partial charge in [-0.15, -0.1) is 0 Å². The predicted molar refractivity (Wildman–Crippen MR) is 86.2 cm³/mol. The zero-order valence-corrected chi connectivity index (χ0v) is 13.0. The quantitative estimate of drug-likeness (QED) is 0.913. The summed E-state index contributed by atoms with van der Waals surface area (Å²) in [4.78, 5) is 7.15. The molecule has 1 aliphatic heterocycles. The van der Waals surface area contributed by atoms with E-state index in [1.54, 1.807) is 0 Å². The molecular formula is C17H24N4. The van der Waals surface area contributed by atoms with E-state index in [9.17, 15) is 0 Å². The van der Waals surface area contributed by atoms with Gasteiger partial charge in [0.2, 0.25) is 0 Å². The molecule has 2 heterocycles. The lowest BCUT2D eigenvalue weighted by Gasteiger charge is -2.17. The first-order chi connectivity index (χ1) is 10.3. The Morgan fingerprint density at radius 1 is 1.24 bits per heavy atom. The highest BCUT2D eigenvalue weighted by molar-refractivity contribution is 5.57. The smallest absolute Gasteiger partial charge is 0.140 e. The first kappa shape index (κ1) is 14.3. The molecule has 0 saturated carbocycles. The van der Waals surface area contributed by atoms with Crippen molar-refractivity contribution in [3.63, 3.8) is 0 Å². The second-order valence-corrected chi connectivity index (χ2v) is 5.93. The zero-order valence-electron chi connectivity index (χ0n) is 13.0. The second-order valence-electron chi connectivity index (χ2n) is 5.93. The molecule has 1 aromatic carbocycles. The maximum absolute atomic E-state index is 4.91. The molecule has 3 rings (SSSR count). The minimum Gasteiger partial charge on any atom is -0.328 e. The Bertz CT molecular complexity index is 586. The highest BCUT2D eigenvalue weighted by atomic mass is 15.1. The van der Waals surface area contributed by atoms with Gasteiger partial charge in [0.15, 0.2) is 0 Å². The zero-order chi connectivity index (χ0) is 14.7. The van der Waals surface area contributed by atoms with Crippen LogP contribution in [0.15, 0.2) is 30.3 Å². The highest BCUT2D eigenvalue weighted by Crippen LogP contribution is 2.24. The molecule has 4 nitrogen and oxygen atoms in total. The Morgan fingerprint density at radius 2 is 2.05 bits per heavy atom. The largest absolute Gasteiger partial charge is 0.328 e. The first-order valence-electron chi connectivity index (χ1n) is 7.75. The number of hydrogen-bond donors (Lipinski definition) is 1. The van der Waals surface area contributed by atoms with Crippen molar-refractivity contribution in [1.29, 1.82) is 0 Å². The summed E-state index contributed by atoms with van der Waals surface area (Å²) in [5, 5.41) is 3.42.